The van der Waals surface area contributed by atoms with E-state index in [1.165, 1.54) is 4.90 Å². The lowest BCUT2D eigenvalue weighted by molar-refractivity contribution is -0.140. The maximum Gasteiger partial charge on any atom is 0.233 e. The standard InChI is InChI=1S/C18H18Cl2N2O3/c19-12-4-3-11(8-13(12)20)21-14(23)5-6-22-17(24)15-9-1-2-10(7-9)16(15)18(22)25/h3-4,8-10,15-16H,1-2,5-7H2,(H,21,23)/t9-,10+,15-,16-/m0/s1. The van der Waals surface area contributed by atoms with Gasteiger partial charge in [-0.3, -0.25) is 19.3 Å². The Kier molecular flexibility index (Phi) is 4.24. The fourth-order valence-electron chi connectivity index (χ4n) is 4.70. The first kappa shape index (κ1) is 16.9. The molecule has 3 aliphatic rings. The van der Waals surface area contributed by atoms with Gasteiger partial charge in [0.2, 0.25) is 17.7 Å². The number of rotatable bonds is 4. The van der Waals surface area contributed by atoms with Gasteiger partial charge in [-0.2, -0.15) is 0 Å². The van der Waals surface area contributed by atoms with Crippen LogP contribution in [0.15, 0.2) is 18.2 Å². The smallest absolute Gasteiger partial charge is 0.233 e. The van der Waals surface area contributed by atoms with Crippen LogP contribution in [0.2, 0.25) is 10.0 Å². The summed E-state index contributed by atoms with van der Waals surface area (Å²) in [5, 5.41) is 3.48. The number of anilines is 1. The molecule has 7 heteroatoms. The van der Waals surface area contributed by atoms with Gasteiger partial charge in [0.1, 0.15) is 0 Å². The van der Waals surface area contributed by atoms with Crippen molar-refractivity contribution in [1.29, 1.82) is 0 Å². The number of nitrogens with one attached hydrogen (secondary N) is 1. The summed E-state index contributed by atoms with van der Waals surface area (Å²) in [6, 6.07) is 4.82. The molecule has 1 aliphatic heterocycles. The summed E-state index contributed by atoms with van der Waals surface area (Å²) in [5.74, 6) is 0.0323. The Hall–Kier alpha value is -1.59. The molecule has 2 bridgehead atoms. The van der Waals surface area contributed by atoms with Crippen LogP contribution >= 0.6 is 23.2 Å². The van der Waals surface area contributed by atoms with E-state index < -0.39 is 0 Å². The summed E-state index contributed by atoms with van der Waals surface area (Å²) < 4.78 is 0. The first-order valence-corrected chi connectivity index (χ1v) is 9.31. The van der Waals surface area contributed by atoms with Gasteiger partial charge in [-0.15, -0.1) is 0 Å². The van der Waals surface area contributed by atoms with Crippen molar-refractivity contribution < 1.29 is 14.4 Å². The van der Waals surface area contributed by atoms with E-state index in [9.17, 15) is 14.4 Å². The number of carbonyl (C=O) groups excluding carboxylic acids is 3. The maximum absolute atomic E-state index is 12.6. The Morgan fingerprint density at radius 3 is 2.32 bits per heavy atom. The van der Waals surface area contributed by atoms with E-state index in [-0.39, 0.29) is 42.5 Å². The Morgan fingerprint density at radius 2 is 1.72 bits per heavy atom. The van der Waals surface area contributed by atoms with Gasteiger partial charge in [-0.25, -0.2) is 0 Å². The topological polar surface area (TPSA) is 66.5 Å². The lowest BCUT2D eigenvalue weighted by Crippen LogP contribution is -2.35. The number of halogens is 2. The molecule has 1 saturated heterocycles. The molecular weight excluding hydrogens is 363 g/mol. The highest BCUT2D eigenvalue weighted by Crippen LogP contribution is 2.56. The fourth-order valence-corrected chi connectivity index (χ4v) is 5.00. The van der Waals surface area contributed by atoms with Gasteiger partial charge in [0.05, 0.1) is 21.9 Å². The molecule has 0 spiro atoms. The Bertz CT molecular complexity index is 739. The number of fused-ring (bicyclic) bond motifs is 5. The second-order valence-electron chi connectivity index (χ2n) is 7.14. The molecule has 1 aromatic carbocycles. The van der Waals surface area contributed by atoms with Crippen LogP contribution in [-0.2, 0) is 14.4 Å². The second-order valence-corrected chi connectivity index (χ2v) is 7.95. The van der Waals surface area contributed by atoms with Crippen molar-refractivity contribution in [3.63, 3.8) is 0 Å². The largest absolute Gasteiger partial charge is 0.326 e. The van der Waals surface area contributed by atoms with Crippen LogP contribution in [0.25, 0.3) is 0 Å². The highest BCUT2D eigenvalue weighted by atomic mass is 35.5. The molecule has 2 aliphatic carbocycles. The molecule has 0 radical (unpaired) electrons. The molecule has 5 nitrogen and oxygen atoms in total. The first-order valence-electron chi connectivity index (χ1n) is 8.56. The normalized spacial score (nSPS) is 30.1. The minimum atomic E-state index is -0.265. The van der Waals surface area contributed by atoms with Gasteiger partial charge in [0, 0.05) is 18.7 Å². The number of carbonyl (C=O) groups is 3. The van der Waals surface area contributed by atoms with Crippen molar-refractivity contribution in [1.82, 2.24) is 4.90 Å². The van der Waals surface area contributed by atoms with Crippen molar-refractivity contribution in [2.75, 3.05) is 11.9 Å². The average Bonchev–Trinajstić information content (AvgIpc) is 3.24. The highest BCUT2D eigenvalue weighted by molar-refractivity contribution is 6.42. The van der Waals surface area contributed by atoms with Crippen LogP contribution in [0.3, 0.4) is 0 Å². The molecule has 4 rings (SSSR count). The van der Waals surface area contributed by atoms with Crippen LogP contribution in [0.1, 0.15) is 25.7 Å². The molecule has 4 atom stereocenters. The summed E-state index contributed by atoms with van der Waals surface area (Å²) in [4.78, 5) is 38.6. The highest BCUT2D eigenvalue weighted by Gasteiger charge is 2.60. The third-order valence-corrected chi connectivity index (χ3v) is 6.52. The number of nitrogens with zero attached hydrogens (tertiary/aromatic N) is 1. The molecule has 1 aromatic rings. The van der Waals surface area contributed by atoms with Gasteiger partial charge in [-0.1, -0.05) is 23.2 Å². The zero-order valence-corrected chi connectivity index (χ0v) is 15.0. The Labute approximate surface area is 155 Å². The number of imide groups is 1. The van der Waals surface area contributed by atoms with Crippen molar-refractivity contribution in [3.05, 3.63) is 28.2 Å². The predicted octanol–water partition coefficient (Wildman–Crippen LogP) is 3.35. The van der Waals surface area contributed by atoms with Crippen molar-refractivity contribution in [2.45, 2.75) is 25.7 Å². The van der Waals surface area contributed by atoms with E-state index >= 15 is 0 Å². The maximum atomic E-state index is 12.6. The number of hydrogen-bond donors (Lipinski definition) is 1. The second kappa shape index (κ2) is 6.29. The van der Waals surface area contributed by atoms with Crippen LogP contribution in [0.4, 0.5) is 5.69 Å². The van der Waals surface area contributed by atoms with Crippen molar-refractivity contribution >= 4 is 46.6 Å². The van der Waals surface area contributed by atoms with Crippen molar-refractivity contribution in [2.24, 2.45) is 23.7 Å². The predicted molar refractivity (Wildman–Crippen MR) is 94.2 cm³/mol. The van der Waals surface area contributed by atoms with Gasteiger partial charge in [0.15, 0.2) is 0 Å². The van der Waals surface area contributed by atoms with Gasteiger partial charge >= 0.3 is 0 Å². The van der Waals surface area contributed by atoms with E-state index in [4.69, 9.17) is 23.2 Å². The molecular formula is C18H18Cl2N2O3. The molecule has 0 unspecified atom stereocenters. The van der Waals surface area contributed by atoms with Crippen LogP contribution in [0, 0.1) is 23.7 Å². The molecule has 25 heavy (non-hydrogen) atoms. The Balaban J connectivity index is 1.36. The van der Waals surface area contributed by atoms with E-state index in [1.807, 2.05) is 0 Å². The summed E-state index contributed by atoms with van der Waals surface area (Å²) in [7, 11) is 0. The summed E-state index contributed by atoms with van der Waals surface area (Å²) in [5.41, 5.74) is 0.536. The summed E-state index contributed by atoms with van der Waals surface area (Å²) in [6.07, 6.45) is 3.19. The third kappa shape index (κ3) is 2.83. The van der Waals surface area contributed by atoms with Crippen LogP contribution in [-0.4, -0.2) is 29.2 Å². The molecule has 0 aromatic heterocycles. The van der Waals surface area contributed by atoms with Crippen LogP contribution in [0.5, 0.6) is 0 Å². The average molecular weight is 381 g/mol. The molecule has 3 fully saturated rings. The lowest BCUT2D eigenvalue weighted by Gasteiger charge is -2.19. The van der Waals surface area contributed by atoms with Crippen LogP contribution < -0.4 is 5.32 Å². The summed E-state index contributed by atoms with van der Waals surface area (Å²) >= 11 is 11.8. The van der Waals surface area contributed by atoms with E-state index in [1.54, 1.807) is 18.2 Å². The minimum Gasteiger partial charge on any atom is -0.326 e. The first-order chi connectivity index (χ1) is 12.0. The zero-order chi connectivity index (χ0) is 17.7. The van der Waals surface area contributed by atoms with E-state index in [0.29, 0.717) is 27.6 Å². The molecule has 3 amide bonds. The quantitative estimate of drug-likeness (QED) is 0.814. The Morgan fingerprint density at radius 1 is 1.08 bits per heavy atom. The molecule has 1 heterocycles. The number of hydrogen-bond acceptors (Lipinski definition) is 3. The number of benzene rings is 1. The molecule has 132 valence electrons. The minimum absolute atomic E-state index is 0.0759. The van der Waals surface area contributed by atoms with Crippen molar-refractivity contribution in [3.8, 4) is 0 Å². The lowest BCUT2D eigenvalue weighted by atomic mass is 9.81. The van der Waals surface area contributed by atoms with Gasteiger partial charge in [0.25, 0.3) is 0 Å². The fraction of sp³-hybridized carbons (Fsp3) is 0.500. The number of likely N-dealkylation sites (tertiary alicyclic amines) is 1. The monoisotopic (exact) mass is 380 g/mol. The summed E-state index contributed by atoms with van der Waals surface area (Å²) in [6.45, 7) is 0.136. The SMILES string of the molecule is O=C(CCN1C(=O)[C@H]2[C@@H]3CC[C@@H](C3)[C@@H]2C1=O)Nc1ccc(Cl)c(Cl)c1. The molecule has 2 saturated carbocycles. The van der Waals surface area contributed by atoms with Gasteiger partial charge in [-0.05, 0) is 49.3 Å². The van der Waals surface area contributed by atoms with E-state index in [0.717, 1.165) is 19.3 Å². The van der Waals surface area contributed by atoms with E-state index in [2.05, 4.69) is 5.32 Å². The molecule has 1 N–H and O–H groups in total. The number of amides is 3. The zero-order valence-electron chi connectivity index (χ0n) is 13.5. The third-order valence-electron chi connectivity index (χ3n) is 5.78. The van der Waals surface area contributed by atoms with Gasteiger partial charge < -0.3 is 5.32 Å².